The van der Waals surface area contributed by atoms with Crippen molar-refractivity contribution in [3.05, 3.63) is 83.4 Å². The van der Waals surface area contributed by atoms with Crippen molar-refractivity contribution in [2.45, 2.75) is 12.3 Å². The monoisotopic (exact) mass is 391 g/mol. The zero-order valence-corrected chi connectivity index (χ0v) is 15.6. The fourth-order valence-corrected chi connectivity index (χ4v) is 3.44. The molecular weight excluding hydrogens is 373 g/mol. The molecule has 2 N–H and O–H groups in total. The summed E-state index contributed by atoms with van der Waals surface area (Å²) < 4.78 is 19.7. The van der Waals surface area contributed by atoms with Gasteiger partial charge < -0.3 is 15.4 Å². The number of halogens is 1. The Morgan fingerprint density at radius 2 is 2.03 bits per heavy atom. The van der Waals surface area contributed by atoms with Crippen molar-refractivity contribution in [3.63, 3.8) is 0 Å². The van der Waals surface area contributed by atoms with Crippen LogP contribution in [0.4, 0.5) is 15.8 Å². The number of benzene rings is 2. The lowest BCUT2D eigenvalue weighted by Crippen LogP contribution is -2.24. The number of nitrogens with one attached hydrogen (secondary N) is 2. The van der Waals surface area contributed by atoms with Crippen LogP contribution in [-0.2, 0) is 4.79 Å². The van der Waals surface area contributed by atoms with Crippen LogP contribution in [0, 0.1) is 5.82 Å². The van der Waals surface area contributed by atoms with E-state index in [9.17, 15) is 14.0 Å². The van der Waals surface area contributed by atoms with Crippen LogP contribution in [0.15, 0.2) is 60.9 Å². The lowest BCUT2D eigenvalue weighted by Gasteiger charge is -2.27. The maximum absolute atomic E-state index is 14.6. The van der Waals surface area contributed by atoms with Crippen LogP contribution in [0.2, 0.25) is 0 Å². The molecule has 146 valence electrons. The molecule has 29 heavy (non-hydrogen) atoms. The van der Waals surface area contributed by atoms with Crippen molar-refractivity contribution in [1.29, 1.82) is 0 Å². The number of nitrogens with zero attached hydrogens (tertiary/aromatic N) is 1. The Morgan fingerprint density at radius 3 is 2.76 bits per heavy atom. The molecule has 0 fully saturated rings. The Morgan fingerprint density at radius 1 is 1.21 bits per heavy atom. The molecule has 2 heterocycles. The summed E-state index contributed by atoms with van der Waals surface area (Å²) in [5, 5.41) is 5.59. The van der Waals surface area contributed by atoms with Crippen LogP contribution in [-0.4, -0.2) is 23.9 Å². The minimum Gasteiger partial charge on any atom is -0.497 e. The Balaban J connectivity index is 1.64. The number of fused-ring (bicyclic) bond motifs is 1. The molecule has 1 aromatic heterocycles. The van der Waals surface area contributed by atoms with Gasteiger partial charge in [0, 0.05) is 42.2 Å². The molecule has 7 heteroatoms. The second-order valence-electron chi connectivity index (χ2n) is 6.69. The highest BCUT2D eigenvalue weighted by Crippen LogP contribution is 2.39. The average molecular weight is 391 g/mol. The molecule has 1 atom stereocenters. The van der Waals surface area contributed by atoms with Crippen LogP contribution in [0.3, 0.4) is 0 Å². The number of amides is 2. The van der Waals surface area contributed by atoms with Crippen LogP contribution >= 0.6 is 0 Å². The number of hydrogen-bond acceptors (Lipinski definition) is 4. The molecule has 0 saturated carbocycles. The molecule has 1 unspecified atom stereocenters. The standard InChI is InChI=1S/C22H18FN3O3/c1-29-15-5-7-16(19(23)10-15)18-11-21(27)26-20-9-14(4-6-17(18)20)25-22(28)13-3-2-8-24-12-13/h2-10,12,18H,11H2,1H3,(H,25,28)(H,26,27). The van der Waals surface area contributed by atoms with E-state index in [-0.39, 0.29) is 18.2 Å². The predicted octanol–water partition coefficient (Wildman–Crippen LogP) is 3.96. The van der Waals surface area contributed by atoms with Gasteiger partial charge in [0.05, 0.1) is 12.7 Å². The van der Waals surface area contributed by atoms with Crippen molar-refractivity contribution < 1.29 is 18.7 Å². The molecule has 0 radical (unpaired) electrons. The summed E-state index contributed by atoms with van der Waals surface area (Å²) >= 11 is 0. The van der Waals surface area contributed by atoms with Crippen molar-refractivity contribution >= 4 is 23.2 Å². The highest BCUT2D eigenvalue weighted by atomic mass is 19.1. The molecule has 0 aliphatic carbocycles. The predicted molar refractivity (Wildman–Crippen MR) is 107 cm³/mol. The second-order valence-corrected chi connectivity index (χ2v) is 6.69. The first-order valence-corrected chi connectivity index (χ1v) is 9.04. The van der Waals surface area contributed by atoms with Crippen molar-refractivity contribution in [2.24, 2.45) is 0 Å². The van der Waals surface area contributed by atoms with E-state index in [0.717, 1.165) is 5.56 Å². The molecule has 6 nitrogen and oxygen atoms in total. The number of anilines is 2. The molecule has 0 saturated heterocycles. The van der Waals surface area contributed by atoms with Crippen LogP contribution in [0.1, 0.15) is 33.8 Å². The Labute approximate surface area is 166 Å². The fourth-order valence-electron chi connectivity index (χ4n) is 3.44. The number of carbonyl (C=O) groups excluding carboxylic acids is 2. The van der Waals surface area contributed by atoms with Gasteiger partial charge in [0.15, 0.2) is 0 Å². The third-order valence-corrected chi connectivity index (χ3v) is 4.86. The molecule has 1 aliphatic rings. The second kappa shape index (κ2) is 7.71. The quantitative estimate of drug-likeness (QED) is 0.706. The zero-order valence-electron chi connectivity index (χ0n) is 15.6. The first kappa shape index (κ1) is 18.6. The maximum Gasteiger partial charge on any atom is 0.257 e. The van der Waals surface area contributed by atoms with Crippen molar-refractivity contribution in [2.75, 3.05) is 17.7 Å². The van der Waals surface area contributed by atoms with E-state index in [1.807, 2.05) is 0 Å². The molecule has 2 aromatic carbocycles. The van der Waals surface area contributed by atoms with Crippen LogP contribution < -0.4 is 15.4 Å². The van der Waals surface area contributed by atoms with E-state index >= 15 is 0 Å². The SMILES string of the molecule is COc1ccc(C2CC(=O)Nc3cc(NC(=O)c4cccnc4)ccc32)c(F)c1. The van der Waals surface area contributed by atoms with Crippen LogP contribution in [0.5, 0.6) is 5.75 Å². The van der Waals surface area contributed by atoms with Crippen molar-refractivity contribution in [1.82, 2.24) is 4.98 Å². The molecule has 4 rings (SSSR count). The lowest BCUT2D eigenvalue weighted by atomic mass is 9.84. The summed E-state index contributed by atoms with van der Waals surface area (Å²) in [6, 6.07) is 13.2. The highest BCUT2D eigenvalue weighted by Gasteiger charge is 2.29. The van der Waals surface area contributed by atoms with Gasteiger partial charge in [-0.2, -0.15) is 0 Å². The number of methoxy groups -OCH3 is 1. The summed E-state index contributed by atoms with van der Waals surface area (Å²) in [6.45, 7) is 0. The smallest absolute Gasteiger partial charge is 0.257 e. The molecular formula is C22H18FN3O3. The van der Waals surface area contributed by atoms with Gasteiger partial charge in [0.25, 0.3) is 5.91 Å². The van der Waals surface area contributed by atoms with Gasteiger partial charge in [0.2, 0.25) is 5.91 Å². The van der Waals surface area contributed by atoms with Gasteiger partial charge in [-0.05, 0) is 41.5 Å². The number of ether oxygens (including phenoxy) is 1. The lowest BCUT2D eigenvalue weighted by molar-refractivity contribution is -0.116. The topological polar surface area (TPSA) is 80.3 Å². The Hall–Kier alpha value is -3.74. The summed E-state index contributed by atoms with van der Waals surface area (Å²) in [7, 11) is 1.47. The van der Waals surface area contributed by atoms with E-state index in [4.69, 9.17) is 4.74 Å². The summed E-state index contributed by atoms with van der Waals surface area (Å²) in [6.07, 6.45) is 3.19. The Bertz CT molecular complexity index is 1090. The molecule has 2 amide bonds. The summed E-state index contributed by atoms with van der Waals surface area (Å²) in [4.78, 5) is 28.5. The van der Waals surface area contributed by atoms with Crippen molar-refractivity contribution in [3.8, 4) is 5.75 Å². The zero-order chi connectivity index (χ0) is 20.4. The largest absolute Gasteiger partial charge is 0.497 e. The first-order valence-electron chi connectivity index (χ1n) is 9.04. The Kier molecular flexibility index (Phi) is 4.95. The van der Waals surface area contributed by atoms with E-state index < -0.39 is 11.7 Å². The van der Waals surface area contributed by atoms with E-state index in [1.165, 1.54) is 19.4 Å². The number of aromatic nitrogens is 1. The van der Waals surface area contributed by atoms with Gasteiger partial charge in [0.1, 0.15) is 11.6 Å². The fraction of sp³-hybridized carbons (Fsp3) is 0.136. The number of rotatable bonds is 4. The van der Waals surface area contributed by atoms with Gasteiger partial charge in [-0.15, -0.1) is 0 Å². The summed E-state index contributed by atoms with van der Waals surface area (Å²) in [5.74, 6) is -0.955. The van der Waals surface area contributed by atoms with E-state index in [0.29, 0.717) is 28.3 Å². The summed E-state index contributed by atoms with van der Waals surface area (Å²) in [5.41, 5.74) is 2.70. The van der Waals surface area contributed by atoms with Gasteiger partial charge >= 0.3 is 0 Å². The number of pyridine rings is 1. The van der Waals surface area contributed by atoms with E-state index in [1.54, 1.807) is 48.7 Å². The normalized spacial score (nSPS) is 15.2. The number of hydrogen-bond donors (Lipinski definition) is 2. The maximum atomic E-state index is 14.6. The average Bonchev–Trinajstić information content (AvgIpc) is 2.73. The molecule has 1 aliphatic heterocycles. The molecule has 0 bridgehead atoms. The van der Waals surface area contributed by atoms with E-state index in [2.05, 4.69) is 15.6 Å². The van der Waals surface area contributed by atoms with Gasteiger partial charge in [-0.1, -0.05) is 12.1 Å². The third kappa shape index (κ3) is 3.80. The minimum absolute atomic E-state index is 0.137. The van der Waals surface area contributed by atoms with Gasteiger partial charge in [-0.25, -0.2) is 4.39 Å². The van der Waals surface area contributed by atoms with Crippen LogP contribution in [0.25, 0.3) is 0 Å². The minimum atomic E-state index is -0.427. The number of carbonyl (C=O) groups is 2. The first-order chi connectivity index (χ1) is 14.0. The molecule has 0 spiro atoms. The van der Waals surface area contributed by atoms with Gasteiger partial charge in [-0.3, -0.25) is 14.6 Å². The molecule has 3 aromatic rings. The highest BCUT2D eigenvalue weighted by molar-refractivity contribution is 6.05. The third-order valence-electron chi connectivity index (χ3n) is 4.86.